The van der Waals surface area contributed by atoms with Gasteiger partial charge >= 0.3 is 0 Å². The molecule has 4 aromatic rings. The Labute approximate surface area is 208 Å². The minimum absolute atomic E-state index is 0.308. The SMILES string of the molecule is CN(C)CCN(Cc1cc2c(N3CCOCC3)nc(-c3cnc4[nH]ccc4c3)nc2s1)S(C)(=O)=O. The number of anilines is 1. The lowest BCUT2D eigenvalue weighted by Gasteiger charge is -2.28. The molecule has 186 valence electrons. The summed E-state index contributed by atoms with van der Waals surface area (Å²) >= 11 is 1.51. The Hall–Kier alpha value is -2.64. The fourth-order valence-electron chi connectivity index (χ4n) is 4.09. The van der Waals surface area contributed by atoms with E-state index in [1.54, 1.807) is 6.20 Å². The van der Waals surface area contributed by atoms with Crippen LogP contribution in [0.25, 0.3) is 32.6 Å². The van der Waals surface area contributed by atoms with Crippen LogP contribution in [0.3, 0.4) is 0 Å². The van der Waals surface area contributed by atoms with Crippen LogP contribution in [0.5, 0.6) is 0 Å². The maximum absolute atomic E-state index is 12.5. The highest BCUT2D eigenvalue weighted by Gasteiger charge is 2.23. The fraction of sp³-hybridized carbons (Fsp3) is 0.435. The van der Waals surface area contributed by atoms with Crippen LogP contribution in [0.2, 0.25) is 0 Å². The maximum Gasteiger partial charge on any atom is 0.211 e. The number of hydrogen-bond donors (Lipinski definition) is 1. The number of aromatic nitrogens is 4. The third-order valence-electron chi connectivity index (χ3n) is 5.99. The van der Waals surface area contributed by atoms with Crippen LogP contribution < -0.4 is 4.90 Å². The number of thiophene rings is 1. The second kappa shape index (κ2) is 9.78. The van der Waals surface area contributed by atoms with Crippen LogP contribution in [0, 0.1) is 0 Å². The number of aromatic amines is 1. The van der Waals surface area contributed by atoms with Gasteiger partial charge in [-0.1, -0.05) is 0 Å². The van der Waals surface area contributed by atoms with Gasteiger partial charge in [-0.15, -0.1) is 11.3 Å². The lowest BCUT2D eigenvalue weighted by Crippen LogP contribution is -2.37. The number of nitrogens with zero attached hydrogens (tertiary/aromatic N) is 6. The molecule has 0 atom stereocenters. The van der Waals surface area contributed by atoms with Gasteiger partial charge in [-0.2, -0.15) is 4.31 Å². The standard InChI is InChI=1S/C23H29N7O3S2/c1-28(2)6-7-30(35(3,31)32)15-18-13-19-22(29-8-10-33-11-9-29)26-21(27-23(19)34-18)17-12-16-4-5-24-20(16)25-14-17/h4-5,12-14H,6-11,15H2,1-3H3,(H,24,25). The van der Waals surface area contributed by atoms with E-state index in [9.17, 15) is 8.42 Å². The van der Waals surface area contributed by atoms with Crippen molar-refractivity contribution < 1.29 is 13.2 Å². The Morgan fingerprint density at radius 3 is 2.71 bits per heavy atom. The van der Waals surface area contributed by atoms with E-state index in [-0.39, 0.29) is 0 Å². The van der Waals surface area contributed by atoms with Gasteiger partial charge in [0.05, 0.1) is 24.9 Å². The zero-order chi connectivity index (χ0) is 24.6. The summed E-state index contributed by atoms with van der Waals surface area (Å²) in [5, 5.41) is 1.93. The molecule has 35 heavy (non-hydrogen) atoms. The van der Waals surface area contributed by atoms with E-state index in [1.807, 2.05) is 43.4 Å². The van der Waals surface area contributed by atoms with Crippen molar-refractivity contribution in [2.24, 2.45) is 0 Å². The first-order valence-corrected chi connectivity index (χ1v) is 14.1. The predicted octanol–water partition coefficient (Wildman–Crippen LogP) is 2.39. The number of ether oxygens (including phenoxy) is 1. The molecule has 0 amide bonds. The van der Waals surface area contributed by atoms with Gasteiger partial charge in [0.1, 0.15) is 16.3 Å². The fourth-order valence-corrected chi connectivity index (χ4v) is 6.00. The van der Waals surface area contributed by atoms with Gasteiger partial charge in [-0.3, -0.25) is 0 Å². The molecular formula is C23H29N7O3S2. The molecule has 0 saturated carbocycles. The van der Waals surface area contributed by atoms with E-state index >= 15 is 0 Å². The first kappa shape index (κ1) is 24.1. The molecule has 1 N–H and O–H groups in total. The summed E-state index contributed by atoms with van der Waals surface area (Å²) in [5.74, 6) is 1.46. The molecule has 0 radical (unpaired) electrons. The Balaban J connectivity index is 1.56. The first-order valence-electron chi connectivity index (χ1n) is 11.4. The van der Waals surface area contributed by atoms with Crippen molar-refractivity contribution in [3.63, 3.8) is 0 Å². The molecule has 12 heteroatoms. The summed E-state index contributed by atoms with van der Waals surface area (Å²) in [6.07, 6.45) is 4.90. The smallest absolute Gasteiger partial charge is 0.211 e. The number of hydrogen-bond acceptors (Lipinski definition) is 9. The summed E-state index contributed by atoms with van der Waals surface area (Å²) in [4.78, 5) is 23.4. The van der Waals surface area contributed by atoms with Crippen LogP contribution in [-0.4, -0.2) is 97.3 Å². The van der Waals surface area contributed by atoms with Crippen molar-refractivity contribution in [1.82, 2.24) is 29.1 Å². The summed E-state index contributed by atoms with van der Waals surface area (Å²) in [5.41, 5.74) is 1.66. The highest BCUT2D eigenvalue weighted by Crippen LogP contribution is 2.34. The lowest BCUT2D eigenvalue weighted by molar-refractivity contribution is 0.122. The number of rotatable bonds is 8. The average molecular weight is 516 g/mol. The molecule has 0 bridgehead atoms. The molecule has 0 aromatic carbocycles. The van der Waals surface area contributed by atoms with E-state index < -0.39 is 10.0 Å². The van der Waals surface area contributed by atoms with Gasteiger partial charge in [0.2, 0.25) is 10.0 Å². The lowest BCUT2D eigenvalue weighted by atomic mass is 10.2. The molecule has 4 aromatic heterocycles. The number of pyridine rings is 1. The predicted molar refractivity (Wildman–Crippen MR) is 139 cm³/mol. The number of sulfonamides is 1. The van der Waals surface area contributed by atoms with Crippen LogP contribution in [0.1, 0.15) is 4.88 Å². The second-order valence-electron chi connectivity index (χ2n) is 8.94. The molecule has 1 aliphatic rings. The largest absolute Gasteiger partial charge is 0.378 e. The zero-order valence-electron chi connectivity index (χ0n) is 20.1. The van der Waals surface area contributed by atoms with Gasteiger partial charge in [-0.05, 0) is 32.3 Å². The van der Waals surface area contributed by atoms with Gasteiger partial charge < -0.3 is 19.5 Å². The van der Waals surface area contributed by atoms with Crippen molar-refractivity contribution in [3.05, 3.63) is 35.5 Å². The first-order chi connectivity index (χ1) is 16.8. The van der Waals surface area contributed by atoms with E-state index in [0.29, 0.717) is 38.7 Å². The number of nitrogens with one attached hydrogen (secondary N) is 1. The quantitative estimate of drug-likeness (QED) is 0.381. The van der Waals surface area contributed by atoms with Gasteiger partial charge in [0, 0.05) is 60.9 Å². The second-order valence-corrected chi connectivity index (χ2v) is 12.0. The van der Waals surface area contributed by atoms with Crippen molar-refractivity contribution in [2.75, 3.05) is 64.6 Å². The van der Waals surface area contributed by atoms with Crippen LogP contribution in [0.4, 0.5) is 5.82 Å². The Bertz CT molecular complexity index is 1440. The van der Waals surface area contributed by atoms with Crippen LogP contribution >= 0.6 is 11.3 Å². The summed E-state index contributed by atoms with van der Waals surface area (Å²) in [6.45, 7) is 4.14. The Morgan fingerprint density at radius 1 is 1.17 bits per heavy atom. The zero-order valence-corrected chi connectivity index (χ0v) is 21.7. The monoisotopic (exact) mass is 515 g/mol. The van der Waals surface area contributed by atoms with Gasteiger partial charge in [0.25, 0.3) is 0 Å². The number of likely N-dealkylation sites (N-methyl/N-ethyl adjacent to an activating group) is 1. The van der Waals surface area contributed by atoms with E-state index in [4.69, 9.17) is 14.7 Å². The minimum Gasteiger partial charge on any atom is -0.378 e. The molecule has 0 unspecified atom stereocenters. The molecule has 1 saturated heterocycles. The Kier molecular flexibility index (Phi) is 6.73. The highest BCUT2D eigenvalue weighted by molar-refractivity contribution is 7.88. The van der Waals surface area contributed by atoms with Gasteiger partial charge in [-0.25, -0.2) is 23.4 Å². The van der Waals surface area contributed by atoms with Crippen molar-refractivity contribution >= 4 is 48.4 Å². The summed E-state index contributed by atoms with van der Waals surface area (Å²) < 4.78 is 32.0. The normalized spacial score (nSPS) is 15.2. The van der Waals surface area contributed by atoms with Crippen molar-refractivity contribution in [3.8, 4) is 11.4 Å². The van der Waals surface area contributed by atoms with Crippen molar-refractivity contribution in [2.45, 2.75) is 6.54 Å². The van der Waals surface area contributed by atoms with E-state index in [0.717, 1.165) is 50.6 Å². The van der Waals surface area contributed by atoms with Gasteiger partial charge in [0.15, 0.2) is 5.82 Å². The highest BCUT2D eigenvalue weighted by atomic mass is 32.2. The molecule has 5 rings (SSSR count). The van der Waals surface area contributed by atoms with Crippen molar-refractivity contribution in [1.29, 1.82) is 0 Å². The summed E-state index contributed by atoms with van der Waals surface area (Å²) in [7, 11) is 0.518. The molecule has 10 nitrogen and oxygen atoms in total. The molecule has 5 heterocycles. The minimum atomic E-state index is -3.35. The van der Waals surface area contributed by atoms with E-state index in [1.165, 1.54) is 21.9 Å². The Morgan fingerprint density at radius 2 is 1.97 bits per heavy atom. The average Bonchev–Trinajstić information content (AvgIpc) is 3.46. The van der Waals surface area contributed by atoms with Crippen LogP contribution in [-0.2, 0) is 21.3 Å². The topological polar surface area (TPSA) is 108 Å². The number of H-pyrrole nitrogens is 1. The number of fused-ring (bicyclic) bond motifs is 2. The third-order valence-corrected chi connectivity index (χ3v) is 8.25. The van der Waals surface area contributed by atoms with E-state index in [2.05, 4.69) is 14.9 Å². The molecule has 1 fully saturated rings. The molecule has 1 aliphatic heterocycles. The third kappa shape index (κ3) is 5.31. The number of morpholine rings is 1. The molecular weight excluding hydrogens is 486 g/mol. The maximum atomic E-state index is 12.5. The van der Waals surface area contributed by atoms with Crippen LogP contribution in [0.15, 0.2) is 30.6 Å². The molecule has 0 aliphatic carbocycles. The summed E-state index contributed by atoms with van der Waals surface area (Å²) in [6, 6.07) is 6.05. The molecule has 0 spiro atoms.